The van der Waals surface area contributed by atoms with E-state index in [4.69, 9.17) is 9.52 Å². The molecule has 0 fully saturated rings. The molecule has 5 rings (SSSR count). The number of aliphatic imine (C=N–C) groups is 1. The molecule has 0 unspecified atom stereocenters. The van der Waals surface area contributed by atoms with E-state index in [2.05, 4.69) is 5.16 Å². The lowest BCUT2D eigenvalue weighted by Gasteiger charge is -2.13. The number of carboxylic acids is 1. The molecule has 0 aliphatic carbocycles. The van der Waals surface area contributed by atoms with Crippen LogP contribution in [0.2, 0.25) is 0 Å². The molecule has 3 aromatic carbocycles. The normalized spacial score (nSPS) is 14.8. The summed E-state index contributed by atoms with van der Waals surface area (Å²) in [7, 11) is 0. The van der Waals surface area contributed by atoms with Crippen molar-refractivity contribution < 1.29 is 18.8 Å². The van der Waals surface area contributed by atoms with Gasteiger partial charge in [-0.2, -0.15) is 0 Å². The first kappa shape index (κ1) is 19.9. The number of fused-ring (bicyclic) bond motifs is 3. The Balaban J connectivity index is 1.73. The zero-order valence-corrected chi connectivity index (χ0v) is 17.5. The van der Waals surface area contributed by atoms with Crippen molar-refractivity contribution in [2.24, 2.45) is 4.99 Å². The highest BCUT2D eigenvalue weighted by atomic mass is 19.1. The molecule has 0 radical (unpaired) electrons. The van der Waals surface area contributed by atoms with Crippen LogP contribution in [0.5, 0.6) is 0 Å². The van der Waals surface area contributed by atoms with E-state index >= 15 is 0 Å². The number of carboxylic acid groups (broad SMARTS) is 1. The fraction of sp³-hybridized carbons (Fsp3) is 0.115. The molecule has 1 aromatic heterocycles. The summed E-state index contributed by atoms with van der Waals surface area (Å²) in [5.41, 5.74) is 7.09. The second kappa shape index (κ2) is 7.57. The lowest BCUT2D eigenvalue weighted by atomic mass is 9.90. The first-order chi connectivity index (χ1) is 15.4. The summed E-state index contributed by atoms with van der Waals surface area (Å²) in [5, 5.41) is 13.3. The van der Waals surface area contributed by atoms with Gasteiger partial charge < -0.3 is 9.63 Å². The number of aryl methyl sites for hydroxylation is 1. The molecular weight excluding hydrogens is 407 g/mol. The molecule has 1 aliphatic rings. The zero-order chi connectivity index (χ0) is 22.4. The average Bonchev–Trinajstić information content (AvgIpc) is 3.13. The number of aromatic nitrogens is 1. The van der Waals surface area contributed by atoms with E-state index in [0.717, 1.165) is 44.8 Å². The molecular formula is C26H19FN2O3. The molecule has 0 spiro atoms. The third-order valence-corrected chi connectivity index (χ3v) is 5.72. The van der Waals surface area contributed by atoms with Gasteiger partial charge in [-0.05, 0) is 73.0 Å². The highest BCUT2D eigenvalue weighted by Crippen LogP contribution is 2.40. The van der Waals surface area contributed by atoms with Gasteiger partial charge in [0.15, 0.2) is 5.76 Å². The summed E-state index contributed by atoms with van der Waals surface area (Å²) in [6.07, 6.45) is 0. The van der Waals surface area contributed by atoms with Crippen molar-refractivity contribution in [2.45, 2.75) is 19.9 Å². The van der Waals surface area contributed by atoms with Gasteiger partial charge >= 0.3 is 5.97 Å². The van der Waals surface area contributed by atoms with Crippen LogP contribution in [0.15, 0.2) is 76.2 Å². The Hall–Kier alpha value is -4.06. The number of halogens is 1. The van der Waals surface area contributed by atoms with Crippen molar-refractivity contribution in [3.63, 3.8) is 0 Å². The first-order valence-corrected chi connectivity index (χ1v) is 10.2. The molecule has 0 amide bonds. The van der Waals surface area contributed by atoms with Gasteiger partial charge in [0, 0.05) is 11.1 Å². The number of nitrogens with zero attached hydrogens (tertiary/aromatic N) is 2. The SMILES string of the molecule is Cc1noc2c1-c1ccc(-c3ccc(C(=O)O)cc3)cc1C(c1ccc(F)cc1)=N[C@@H]2C. The van der Waals surface area contributed by atoms with E-state index in [1.165, 1.54) is 12.1 Å². The first-order valence-electron chi connectivity index (χ1n) is 10.2. The van der Waals surface area contributed by atoms with E-state index < -0.39 is 5.97 Å². The number of rotatable bonds is 3. The number of hydrogen-bond donors (Lipinski definition) is 1. The summed E-state index contributed by atoms with van der Waals surface area (Å²) >= 11 is 0. The van der Waals surface area contributed by atoms with Crippen molar-refractivity contribution in [1.29, 1.82) is 0 Å². The number of aromatic carboxylic acids is 1. The highest BCUT2D eigenvalue weighted by Gasteiger charge is 2.28. The number of hydrogen-bond acceptors (Lipinski definition) is 4. The van der Waals surface area contributed by atoms with Crippen molar-refractivity contribution in [3.05, 3.63) is 101 Å². The lowest BCUT2D eigenvalue weighted by Crippen LogP contribution is -2.06. The Kier molecular flexibility index (Phi) is 4.70. The van der Waals surface area contributed by atoms with E-state index in [0.29, 0.717) is 5.76 Å². The molecule has 5 nitrogen and oxygen atoms in total. The van der Waals surface area contributed by atoms with Crippen LogP contribution in [0.3, 0.4) is 0 Å². The van der Waals surface area contributed by atoms with Gasteiger partial charge in [-0.25, -0.2) is 9.18 Å². The summed E-state index contributed by atoms with van der Waals surface area (Å²) in [6.45, 7) is 3.85. The average molecular weight is 426 g/mol. The van der Waals surface area contributed by atoms with Crippen molar-refractivity contribution >= 4 is 11.7 Å². The van der Waals surface area contributed by atoms with Crippen LogP contribution in [0, 0.1) is 12.7 Å². The molecule has 2 heterocycles. The summed E-state index contributed by atoms with van der Waals surface area (Å²) in [4.78, 5) is 16.1. The highest BCUT2D eigenvalue weighted by molar-refractivity contribution is 6.17. The second-order valence-corrected chi connectivity index (χ2v) is 7.81. The molecule has 1 N–H and O–H groups in total. The molecule has 1 aliphatic heterocycles. The van der Waals surface area contributed by atoms with E-state index in [1.54, 1.807) is 36.4 Å². The minimum atomic E-state index is -0.964. The van der Waals surface area contributed by atoms with Crippen LogP contribution in [-0.4, -0.2) is 21.9 Å². The van der Waals surface area contributed by atoms with Crippen LogP contribution in [-0.2, 0) is 0 Å². The lowest BCUT2D eigenvalue weighted by molar-refractivity contribution is 0.0697. The Labute approximate surface area is 183 Å². The third kappa shape index (κ3) is 3.30. The van der Waals surface area contributed by atoms with Crippen LogP contribution in [0.25, 0.3) is 22.3 Å². The molecule has 4 aromatic rings. The molecule has 158 valence electrons. The summed E-state index contributed by atoms with van der Waals surface area (Å²) < 4.78 is 19.2. The van der Waals surface area contributed by atoms with Gasteiger partial charge in [0.2, 0.25) is 0 Å². The van der Waals surface area contributed by atoms with Gasteiger partial charge in [-0.3, -0.25) is 4.99 Å². The zero-order valence-electron chi connectivity index (χ0n) is 17.5. The van der Waals surface area contributed by atoms with Gasteiger partial charge in [0.25, 0.3) is 0 Å². The van der Waals surface area contributed by atoms with Crippen LogP contribution in [0.4, 0.5) is 4.39 Å². The van der Waals surface area contributed by atoms with Gasteiger partial charge in [0.05, 0.1) is 22.5 Å². The Morgan fingerprint density at radius 1 is 0.938 bits per heavy atom. The third-order valence-electron chi connectivity index (χ3n) is 5.72. The quantitative estimate of drug-likeness (QED) is 0.432. The maximum atomic E-state index is 13.6. The summed E-state index contributed by atoms with van der Waals surface area (Å²) in [5.74, 6) is -0.580. The van der Waals surface area contributed by atoms with E-state index in [-0.39, 0.29) is 17.4 Å². The maximum absolute atomic E-state index is 13.6. The standard InChI is InChI=1S/C26H19FN2O3/c1-14-23-21-12-9-19(16-3-5-18(6-4-16)26(30)31)13-22(21)24(17-7-10-20(27)11-8-17)28-15(2)25(23)32-29-14/h3-13,15H,1-2H3,(H,30,31)/t15-/m1/s1. The monoisotopic (exact) mass is 426 g/mol. The van der Waals surface area contributed by atoms with Crippen LogP contribution >= 0.6 is 0 Å². The largest absolute Gasteiger partial charge is 0.478 e. The summed E-state index contributed by atoms with van der Waals surface area (Å²) in [6, 6.07) is 18.8. The van der Waals surface area contributed by atoms with Crippen LogP contribution in [0.1, 0.15) is 45.9 Å². The topological polar surface area (TPSA) is 75.7 Å². The predicted octanol–water partition coefficient (Wildman–Crippen LogP) is 6.07. The van der Waals surface area contributed by atoms with Gasteiger partial charge in [-0.1, -0.05) is 29.4 Å². The minimum absolute atomic E-state index is 0.232. The Morgan fingerprint density at radius 2 is 1.59 bits per heavy atom. The molecule has 0 bridgehead atoms. The van der Waals surface area contributed by atoms with Gasteiger partial charge in [0.1, 0.15) is 11.9 Å². The van der Waals surface area contributed by atoms with E-state index in [1.807, 2.05) is 32.0 Å². The molecule has 0 saturated carbocycles. The van der Waals surface area contributed by atoms with Crippen molar-refractivity contribution in [3.8, 4) is 22.3 Å². The predicted molar refractivity (Wildman–Crippen MR) is 120 cm³/mol. The van der Waals surface area contributed by atoms with E-state index in [9.17, 15) is 14.3 Å². The van der Waals surface area contributed by atoms with Crippen LogP contribution < -0.4 is 0 Å². The fourth-order valence-electron chi connectivity index (χ4n) is 4.10. The minimum Gasteiger partial charge on any atom is -0.478 e. The number of carbonyl (C=O) groups is 1. The molecule has 0 saturated heterocycles. The fourth-order valence-corrected chi connectivity index (χ4v) is 4.10. The smallest absolute Gasteiger partial charge is 0.335 e. The Morgan fingerprint density at radius 3 is 2.28 bits per heavy atom. The second-order valence-electron chi connectivity index (χ2n) is 7.81. The number of benzene rings is 3. The van der Waals surface area contributed by atoms with Gasteiger partial charge in [-0.15, -0.1) is 0 Å². The van der Waals surface area contributed by atoms with Crippen molar-refractivity contribution in [1.82, 2.24) is 5.16 Å². The molecule has 32 heavy (non-hydrogen) atoms. The molecule has 1 atom stereocenters. The van der Waals surface area contributed by atoms with Crippen molar-refractivity contribution in [2.75, 3.05) is 0 Å². The maximum Gasteiger partial charge on any atom is 0.335 e. The molecule has 6 heteroatoms. The Bertz CT molecular complexity index is 1370.